The third-order valence-electron chi connectivity index (χ3n) is 5.20. The summed E-state index contributed by atoms with van der Waals surface area (Å²) < 4.78 is 27.5. The van der Waals surface area contributed by atoms with Gasteiger partial charge in [0.15, 0.2) is 0 Å². The fourth-order valence-electron chi connectivity index (χ4n) is 3.42. The SMILES string of the molecule is CCCCCCCCCCCCS(=O)(=O)Nc1cc(N(CC)CC)ccc1N.Cl. The van der Waals surface area contributed by atoms with Crippen molar-refractivity contribution in [2.45, 2.75) is 85.0 Å². The van der Waals surface area contributed by atoms with Crippen molar-refractivity contribution in [3.05, 3.63) is 18.2 Å². The zero-order valence-electron chi connectivity index (χ0n) is 18.6. The largest absolute Gasteiger partial charge is 0.397 e. The molecule has 0 radical (unpaired) electrons. The highest BCUT2D eigenvalue weighted by molar-refractivity contribution is 7.92. The number of halogens is 1. The third-order valence-corrected chi connectivity index (χ3v) is 6.55. The van der Waals surface area contributed by atoms with Crippen molar-refractivity contribution < 1.29 is 8.42 Å². The first kappa shape index (κ1) is 27.9. The Bertz CT molecular complexity index is 649. The van der Waals surface area contributed by atoms with E-state index in [1.165, 1.54) is 44.9 Å². The standard InChI is InChI=1S/C22H41N3O2S.ClH/c1-4-7-8-9-10-11-12-13-14-15-18-28(26,27)24-22-19-20(16-17-21(22)23)25(5-2)6-3;/h16-17,19,24H,4-15,18,23H2,1-3H3;1H. The fraction of sp³-hybridized carbons (Fsp3) is 0.727. The van der Waals surface area contributed by atoms with Gasteiger partial charge < -0.3 is 10.6 Å². The Balaban J connectivity index is 0.00000784. The van der Waals surface area contributed by atoms with E-state index < -0.39 is 10.0 Å². The summed E-state index contributed by atoms with van der Waals surface area (Å²) in [4.78, 5) is 2.17. The van der Waals surface area contributed by atoms with Gasteiger partial charge in [0.2, 0.25) is 10.0 Å². The van der Waals surface area contributed by atoms with Crippen LogP contribution in [0.3, 0.4) is 0 Å². The predicted octanol–water partition coefficient (Wildman–Crippen LogP) is 6.20. The van der Waals surface area contributed by atoms with Gasteiger partial charge in [0, 0.05) is 18.8 Å². The van der Waals surface area contributed by atoms with E-state index in [0.29, 0.717) is 17.8 Å². The molecule has 0 fully saturated rings. The number of rotatable bonds is 16. The molecule has 1 rings (SSSR count). The molecule has 5 nitrogen and oxygen atoms in total. The molecule has 1 aromatic carbocycles. The quantitative estimate of drug-likeness (QED) is 0.233. The maximum absolute atomic E-state index is 12.4. The zero-order chi connectivity index (χ0) is 20.8. The number of nitrogen functional groups attached to an aromatic ring is 1. The second-order valence-corrected chi connectivity index (χ2v) is 9.39. The molecule has 0 heterocycles. The Morgan fingerprint density at radius 2 is 1.38 bits per heavy atom. The summed E-state index contributed by atoms with van der Waals surface area (Å²) in [6.07, 6.45) is 11.9. The maximum atomic E-state index is 12.4. The van der Waals surface area contributed by atoms with E-state index in [0.717, 1.165) is 31.6 Å². The monoisotopic (exact) mass is 447 g/mol. The molecule has 7 heteroatoms. The van der Waals surface area contributed by atoms with Crippen LogP contribution in [-0.4, -0.2) is 27.3 Å². The highest BCUT2D eigenvalue weighted by atomic mass is 35.5. The maximum Gasteiger partial charge on any atom is 0.232 e. The van der Waals surface area contributed by atoms with Crippen molar-refractivity contribution in [2.24, 2.45) is 0 Å². The van der Waals surface area contributed by atoms with E-state index in [-0.39, 0.29) is 18.2 Å². The summed E-state index contributed by atoms with van der Waals surface area (Å²) in [5, 5.41) is 0. The number of anilines is 3. The summed E-state index contributed by atoms with van der Waals surface area (Å²) in [6, 6.07) is 5.53. The summed E-state index contributed by atoms with van der Waals surface area (Å²) in [7, 11) is -3.37. The lowest BCUT2D eigenvalue weighted by molar-refractivity contribution is 0.558. The van der Waals surface area contributed by atoms with Gasteiger partial charge >= 0.3 is 0 Å². The van der Waals surface area contributed by atoms with Crippen molar-refractivity contribution in [3.8, 4) is 0 Å². The van der Waals surface area contributed by atoms with Crippen LogP contribution < -0.4 is 15.4 Å². The van der Waals surface area contributed by atoms with Gasteiger partial charge in [0.1, 0.15) is 0 Å². The van der Waals surface area contributed by atoms with Crippen LogP contribution >= 0.6 is 12.4 Å². The molecule has 0 atom stereocenters. The minimum atomic E-state index is -3.37. The summed E-state index contributed by atoms with van der Waals surface area (Å²) in [5.41, 5.74) is 7.91. The molecule has 170 valence electrons. The Kier molecular flexibility index (Phi) is 15.1. The minimum absolute atomic E-state index is 0. The van der Waals surface area contributed by atoms with Crippen LogP contribution in [0.2, 0.25) is 0 Å². The highest BCUT2D eigenvalue weighted by Gasteiger charge is 2.13. The summed E-state index contributed by atoms with van der Waals surface area (Å²) >= 11 is 0. The van der Waals surface area contributed by atoms with Gasteiger partial charge in [-0.2, -0.15) is 0 Å². The molecule has 1 aromatic rings. The van der Waals surface area contributed by atoms with Crippen LogP contribution in [0.25, 0.3) is 0 Å². The average molecular weight is 448 g/mol. The lowest BCUT2D eigenvalue weighted by Crippen LogP contribution is -2.22. The first-order chi connectivity index (χ1) is 13.4. The molecular weight excluding hydrogens is 406 g/mol. The molecule has 0 bridgehead atoms. The second-order valence-electron chi connectivity index (χ2n) is 7.55. The van der Waals surface area contributed by atoms with Gasteiger partial charge in [-0.25, -0.2) is 8.42 Å². The van der Waals surface area contributed by atoms with Gasteiger partial charge in [-0.1, -0.05) is 64.7 Å². The zero-order valence-corrected chi connectivity index (χ0v) is 20.2. The molecular formula is C22H42ClN3O2S. The molecule has 0 spiro atoms. The van der Waals surface area contributed by atoms with Crippen molar-refractivity contribution >= 4 is 39.5 Å². The van der Waals surface area contributed by atoms with E-state index in [2.05, 4.69) is 30.4 Å². The van der Waals surface area contributed by atoms with Crippen LogP contribution in [0.4, 0.5) is 17.1 Å². The van der Waals surface area contributed by atoms with Crippen LogP contribution in [0, 0.1) is 0 Å². The molecule has 3 N–H and O–H groups in total. The summed E-state index contributed by atoms with van der Waals surface area (Å²) in [5.74, 6) is 0.151. The first-order valence-electron chi connectivity index (χ1n) is 11.1. The molecule has 0 amide bonds. The van der Waals surface area contributed by atoms with Crippen LogP contribution in [0.15, 0.2) is 18.2 Å². The number of nitrogens with one attached hydrogen (secondary N) is 1. The van der Waals surface area contributed by atoms with Gasteiger partial charge in [0.05, 0.1) is 17.1 Å². The van der Waals surface area contributed by atoms with Crippen LogP contribution in [0.5, 0.6) is 0 Å². The smallest absolute Gasteiger partial charge is 0.232 e. The average Bonchev–Trinajstić information content (AvgIpc) is 2.66. The van der Waals surface area contributed by atoms with Gasteiger partial charge in [-0.05, 0) is 38.5 Å². The molecule has 0 aliphatic rings. The molecule has 29 heavy (non-hydrogen) atoms. The van der Waals surface area contributed by atoms with Gasteiger partial charge in [-0.15, -0.1) is 12.4 Å². The number of benzene rings is 1. The number of hydrogen-bond acceptors (Lipinski definition) is 4. The highest BCUT2D eigenvalue weighted by Crippen LogP contribution is 2.26. The van der Waals surface area contributed by atoms with E-state index in [1.807, 2.05) is 12.1 Å². The molecule has 0 aliphatic carbocycles. The fourth-order valence-corrected chi connectivity index (χ4v) is 4.61. The van der Waals surface area contributed by atoms with E-state index in [9.17, 15) is 8.42 Å². The lowest BCUT2D eigenvalue weighted by Gasteiger charge is -2.22. The number of unbranched alkanes of at least 4 members (excludes halogenated alkanes) is 9. The number of sulfonamides is 1. The lowest BCUT2D eigenvalue weighted by atomic mass is 10.1. The number of nitrogens with two attached hydrogens (primary N) is 1. The van der Waals surface area contributed by atoms with Crippen LogP contribution in [0.1, 0.15) is 85.0 Å². The van der Waals surface area contributed by atoms with Crippen molar-refractivity contribution in [1.82, 2.24) is 0 Å². The molecule has 0 aromatic heterocycles. The molecule has 0 saturated heterocycles. The normalized spacial score (nSPS) is 11.1. The van der Waals surface area contributed by atoms with E-state index >= 15 is 0 Å². The van der Waals surface area contributed by atoms with E-state index in [1.54, 1.807) is 6.07 Å². The minimum Gasteiger partial charge on any atom is -0.397 e. The van der Waals surface area contributed by atoms with Crippen molar-refractivity contribution in [1.29, 1.82) is 0 Å². The molecule has 0 aliphatic heterocycles. The number of nitrogens with zero attached hydrogens (tertiary/aromatic N) is 1. The molecule has 0 unspecified atom stereocenters. The number of hydrogen-bond donors (Lipinski definition) is 2. The second kappa shape index (κ2) is 15.7. The third kappa shape index (κ3) is 11.6. The van der Waals surface area contributed by atoms with Crippen molar-refractivity contribution in [3.63, 3.8) is 0 Å². The van der Waals surface area contributed by atoms with Crippen molar-refractivity contribution in [2.75, 3.05) is 34.2 Å². The van der Waals surface area contributed by atoms with E-state index in [4.69, 9.17) is 5.73 Å². The summed E-state index contributed by atoms with van der Waals surface area (Å²) in [6.45, 7) is 8.12. The van der Waals surface area contributed by atoms with Gasteiger partial charge in [-0.3, -0.25) is 4.72 Å². The Labute approximate surface area is 185 Å². The topological polar surface area (TPSA) is 75.4 Å². The predicted molar refractivity (Wildman–Crippen MR) is 131 cm³/mol. The van der Waals surface area contributed by atoms with Gasteiger partial charge in [0.25, 0.3) is 0 Å². The van der Waals surface area contributed by atoms with Crippen LogP contribution in [-0.2, 0) is 10.0 Å². The first-order valence-corrected chi connectivity index (χ1v) is 12.7. The Morgan fingerprint density at radius 3 is 1.90 bits per heavy atom. The Morgan fingerprint density at radius 1 is 0.862 bits per heavy atom. The Hall–Kier alpha value is -1.14. The molecule has 0 saturated carbocycles.